The van der Waals surface area contributed by atoms with E-state index in [0.29, 0.717) is 11.4 Å². The number of carbonyl (C=O) groups excluding carboxylic acids is 1. The molecule has 2 aromatic carbocycles. The van der Waals surface area contributed by atoms with Crippen molar-refractivity contribution >= 4 is 23.0 Å². The Labute approximate surface area is 120 Å². The molecule has 0 spiro atoms. The zero-order valence-corrected chi connectivity index (χ0v) is 11.2. The van der Waals surface area contributed by atoms with Crippen molar-refractivity contribution < 1.29 is 14.5 Å². The van der Waals surface area contributed by atoms with Crippen molar-refractivity contribution in [1.82, 2.24) is 0 Å². The van der Waals surface area contributed by atoms with Gasteiger partial charge in [0, 0.05) is 23.4 Å². The number of hydrogen-bond donors (Lipinski definition) is 2. The van der Waals surface area contributed by atoms with Gasteiger partial charge in [-0.2, -0.15) is 0 Å². The summed E-state index contributed by atoms with van der Waals surface area (Å²) >= 11 is 0. The van der Waals surface area contributed by atoms with E-state index in [1.807, 2.05) is 0 Å². The van der Waals surface area contributed by atoms with E-state index in [-0.39, 0.29) is 16.9 Å². The normalized spacial score (nSPS) is 9.95. The lowest BCUT2D eigenvalue weighted by atomic mass is 10.1. The van der Waals surface area contributed by atoms with Crippen LogP contribution in [0, 0.1) is 10.1 Å². The van der Waals surface area contributed by atoms with Gasteiger partial charge in [0.25, 0.3) is 11.6 Å². The zero-order valence-electron chi connectivity index (χ0n) is 11.2. The van der Waals surface area contributed by atoms with Crippen molar-refractivity contribution in [2.75, 3.05) is 18.2 Å². The number of rotatable bonds is 4. The third-order valence-electron chi connectivity index (χ3n) is 2.81. The summed E-state index contributed by atoms with van der Waals surface area (Å²) in [5.41, 5.74) is 6.06. The molecule has 0 atom stereocenters. The Balaban J connectivity index is 2.20. The van der Waals surface area contributed by atoms with Crippen molar-refractivity contribution in [2.24, 2.45) is 0 Å². The number of methoxy groups -OCH3 is 1. The molecule has 0 saturated carbocycles. The number of nitrogens with two attached hydrogens (primary N) is 1. The van der Waals surface area contributed by atoms with E-state index in [1.165, 1.54) is 25.3 Å². The van der Waals surface area contributed by atoms with Crippen LogP contribution < -0.4 is 15.8 Å². The van der Waals surface area contributed by atoms with Gasteiger partial charge in [-0.05, 0) is 24.3 Å². The molecule has 0 saturated heterocycles. The van der Waals surface area contributed by atoms with Gasteiger partial charge in [0.1, 0.15) is 11.4 Å². The Kier molecular flexibility index (Phi) is 4.03. The first-order chi connectivity index (χ1) is 10.0. The predicted molar refractivity (Wildman–Crippen MR) is 78.5 cm³/mol. The molecular weight excluding hydrogens is 274 g/mol. The van der Waals surface area contributed by atoms with Crippen LogP contribution in [0.15, 0.2) is 42.5 Å². The summed E-state index contributed by atoms with van der Waals surface area (Å²) in [6.07, 6.45) is 0. The SMILES string of the molecule is COc1cccc(NC(=O)c2ccc([N+](=O)[O-])c(N)c2)c1. The second-order valence-corrected chi connectivity index (χ2v) is 4.22. The van der Waals surface area contributed by atoms with Gasteiger partial charge in [0.15, 0.2) is 0 Å². The highest BCUT2D eigenvalue weighted by Gasteiger charge is 2.14. The number of nitrogen functional groups attached to an aromatic ring is 1. The van der Waals surface area contributed by atoms with Crippen molar-refractivity contribution in [2.45, 2.75) is 0 Å². The maximum atomic E-state index is 12.1. The lowest BCUT2D eigenvalue weighted by Gasteiger charge is -2.07. The van der Waals surface area contributed by atoms with Crippen LogP contribution >= 0.6 is 0 Å². The number of benzene rings is 2. The third kappa shape index (κ3) is 3.27. The molecule has 1 amide bonds. The molecule has 0 fully saturated rings. The number of hydrogen-bond acceptors (Lipinski definition) is 5. The van der Waals surface area contributed by atoms with Gasteiger partial charge in [-0.15, -0.1) is 0 Å². The highest BCUT2D eigenvalue weighted by atomic mass is 16.6. The standard InChI is InChI=1S/C14H13N3O4/c1-21-11-4-2-3-10(8-11)16-14(18)9-5-6-13(17(19)20)12(15)7-9/h2-8H,15H2,1H3,(H,16,18). The Morgan fingerprint density at radius 2 is 2.05 bits per heavy atom. The van der Waals surface area contributed by atoms with E-state index in [1.54, 1.807) is 24.3 Å². The van der Waals surface area contributed by atoms with Crippen molar-refractivity contribution in [3.8, 4) is 5.75 Å². The van der Waals surface area contributed by atoms with Crippen LogP contribution in [0.25, 0.3) is 0 Å². The molecule has 0 heterocycles. The number of nitrogens with one attached hydrogen (secondary N) is 1. The Morgan fingerprint density at radius 3 is 2.67 bits per heavy atom. The highest BCUT2D eigenvalue weighted by Crippen LogP contribution is 2.23. The lowest BCUT2D eigenvalue weighted by molar-refractivity contribution is -0.383. The fraction of sp³-hybridized carbons (Fsp3) is 0.0714. The topological polar surface area (TPSA) is 107 Å². The fourth-order valence-electron chi connectivity index (χ4n) is 1.77. The number of nitro groups is 1. The number of carbonyl (C=O) groups is 1. The molecule has 7 heteroatoms. The van der Waals surface area contributed by atoms with E-state index >= 15 is 0 Å². The molecule has 21 heavy (non-hydrogen) atoms. The first-order valence-corrected chi connectivity index (χ1v) is 6.00. The van der Waals surface area contributed by atoms with Crippen LogP contribution in [0.3, 0.4) is 0 Å². The average molecular weight is 287 g/mol. The van der Waals surface area contributed by atoms with Gasteiger partial charge in [-0.25, -0.2) is 0 Å². The van der Waals surface area contributed by atoms with Crippen LogP contribution in [-0.4, -0.2) is 17.9 Å². The highest BCUT2D eigenvalue weighted by molar-refractivity contribution is 6.05. The fourth-order valence-corrected chi connectivity index (χ4v) is 1.77. The Hall–Kier alpha value is -3.09. The largest absolute Gasteiger partial charge is 0.497 e. The molecule has 0 unspecified atom stereocenters. The molecule has 0 aromatic heterocycles. The molecule has 0 aliphatic carbocycles. The molecular formula is C14H13N3O4. The first-order valence-electron chi connectivity index (χ1n) is 6.00. The van der Waals surface area contributed by atoms with Gasteiger partial charge in [-0.1, -0.05) is 6.07 Å². The smallest absolute Gasteiger partial charge is 0.292 e. The Morgan fingerprint density at radius 1 is 1.29 bits per heavy atom. The van der Waals surface area contributed by atoms with Crippen molar-refractivity contribution in [3.05, 3.63) is 58.1 Å². The van der Waals surface area contributed by atoms with Gasteiger partial charge in [0.2, 0.25) is 0 Å². The lowest BCUT2D eigenvalue weighted by Crippen LogP contribution is -2.12. The van der Waals surface area contributed by atoms with Gasteiger partial charge in [-0.3, -0.25) is 14.9 Å². The van der Waals surface area contributed by atoms with Crippen LogP contribution in [-0.2, 0) is 0 Å². The van der Waals surface area contributed by atoms with E-state index in [0.717, 1.165) is 0 Å². The monoisotopic (exact) mass is 287 g/mol. The minimum atomic E-state index is -0.598. The number of nitrogens with zero attached hydrogens (tertiary/aromatic N) is 1. The zero-order chi connectivity index (χ0) is 15.4. The number of amides is 1. The van der Waals surface area contributed by atoms with Crippen molar-refractivity contribution in [1.29, 1.82) is 0 Å². The van der Waals surface area contributed by atoms with Gasteiger partial charge < -0.3 is 15.8 Å². The molecule has 0 aliphatic heterocycles. The number of anilines is 2. The molecule has 3 N–H and O–H groups in total. The number of ether oxygens (including phenoxy) is 1. The van der Waals surface area contributed by atoms with Gasteiger partial charge >= 0.3 is 0 Å². The molecule has 0 aliphatic rings. The summed E-state index contributed by atoms with van der Waals surface area (Å²) in [4.78, 5) is 22.1. The maximum absolute atomic E-state index is 12.1. The van der Waals surface area contributed by atoms with Crippen LogP contribution in [0.1, 0.15) is 10.4 Å². The Bertz CT molecular complexity index is 700. The minimum Gasteiger partial charge on any atom is -0.497 e. The van der Waals surface area contributed by atoms with Crippen molar-refractivity contribution in [3.63, 3.8) is 0 Å². The molecule has 0 radical (unpaired) electrons. The van der Waals surface area contributed by atoms with E-state index in [2.05, 4.69) is 5.32 Å². The molecule has 0 bridgehead atoms. The molecule has 108 valence electrons. The third-order valence-corrected chi connectivity index (χ3v) is 2.81. The summed E-state index contributed by atoms with van der Waals surface area (Å²) < 4.78 is 5.06. The van der Waals surface area contributed by atoms with Crippen LogP contribution in [0.4, 0.5) is 17.1 Å². The summed E-state index contributed by atoms with van der Waals surface area (Å²) in [5.74, 6) is 0.195. The predicted octanol–water partition coefficient (Wildman–Crippen LogP) is 2.44. The van der Waals surface area contributed by atoms with E-state index < -0.39 is 10.8 Å². The second kappa shape index (κ2) is 5.91. The summed E-state index contributed by atoms with van der Waals surface area (Å²) in [6, 6.07) is 10.7. The van der Waals surface area contributed by atoms with E-state index in [9.17, 15) is 14.9 Å². The van der Waals surface area contributed by atoms with E-state index in [4.69, 9.17) is 10.5 Å². The summed E-state index contributed by atoms with van der Waals surface area (Å²) in [6.45, 7) is 0. The molecule has 2 aromatic rings. The van der Waals surface area contributed by atoms with Crippen LogP contribution in [0.5, 0.6) is 5.75 Å². The first kappa shape index (κ1) is 14.3. The maximum Gasteiger partial charge on any atom is 0.292 e. The summed E-state index contributed by atoms with van der Waals surface area (Å²) in [7, 11) is 1.53. The average Bonchev–Trinajstić information content (AvgIpc) is 2.46. The van der Waals surface area contributed by atoms with Crippen LogP contribution in [0.2, 0.25) is 0 Å². The quantitative estimate of drug-likeness (QED) is 0.510. The number of nitro benzene ring substituents is 1. The summed E-state index contributed by atoms with van der Waals surface area (Å²) in [5, 5.41) is 13.3. The minimum absolute atomic E-state index is 0.0571. The molecule has 2 rings (SSSR count). The van der Waals surface area contributed by atoms with Gasteiger partial charge in [0.05, 0.1) is 12.0 Å². The molecule has 7 nitrogen and oxygen atoms in total. The second-order valence-electron chi connectivity index (χ2n) is 4.22.